The molecule has 8 heteroatoms. The van der Waals surface area contributed by atoms with E-state index in [-0.39, 0.29) is 5.69 Å². The van der Waals surface area contributed by atoms with Gasteiger partial charge in [0.05, 0.1) is 12.8 Å². The Bertz CT molecular complexity index is 613. The summed E-state index contributed by atoms with van der Waals surface area (Å²) in [6.07, 6.45) is 0. The van der Waals surface area contributed by atoms with Gasteiger partial charge in [0.1, 0.15) is 23.5 Å². The van der Waals surface area contributed by atoms with Crippen LogP contribution < -0.4 is 5.43 Å². The molecular formula is C11H6F2N4O2. The first-order chi connectivity index (χ1) is 9.04. The molecule has 0 amide bonds. The van der Waals surface area contributed by atoms with Crippen LogP contribution in [0, 0.1) is 34.3 Å². The second-order valence-corrected chi connectivity index (χ2v) is 3.07. The third-order valence-electron chi connectivity index (χ3n) is 1.98. The first kappa shape index (κ1) is 14.1. The molecule has 1 aromatic rings. The molecule has 19 heavy (non-hydrogen) atoms. The van der Waals surface area contributed by atoms with E-state index < -0.39 is 28.9 Å². The zero-order valence-electron chi connectivity index (χ0n) is 9.57. The Morgan fingerprint density at radius 1 is 1.37 bits per heavy atom. The molecule has 0 aliphatic heterocycles. The summed E-state index contributed by atoms with van der Waals surface area (Å²) < 4.78 is 31.3. The van der Waals surface area contributed by atoms with Gasteiger partial charge in [-0.25, -0.2) is 13.6 Å². The van der Waals surface area contributed by atoms with Crippen LogP contribution >= 0.6 is 0 Å². The van der Waals surface area contributed by atoms with Crippen LogP contribution in [0.15, 0.2) is 17.2 Å². The molecule has 0 heterocycles. The Labute approximate surface area is 106 Å². The Balaban J connectivity index is 3.20. The molecule has 0 saturated carbocycles. The number of hydrogen-bond acceptors (Lipinski definition) is 6. The summed E-state index contributed by atoms with van der Waals surface area (Å²) >= 11 is 0. The largest absolute Gasteiger partial charge is 0.465 e. The van der Waals surface area contributed by atoms with Gasteiger partial charge in [-0.15, -0.1) is 0 Å². The normalized spacial score (nSPS) is 8.89. The fraction of sp³-hybridized carbons (Fsp3) is 0.0909. The molecule has 1 rings (SSSR count). The number of carbonyl (C=O) groups excluding carboxylic acids is 1. The molecule has 0 bridgehead atoms. The highest BCUT2D eigenvalue weighted by Crippen LogP contribution is 2.21. The standard InChI is InChI=1S/C11H6F2N4O2/c1-19-11(18)9-7(12)2-3-8(10(9)13)17-16-6(4-14)5-15/h2-3,17H,1H3. The van der Waals surface area contributed by atoms with E-state index in [2.05, 4.69) is 15.3 Å². The Hall–Kier alpha value is -3.00. The molecule has 0 aromatic heterocycles. The number of halogens is 2. The maximum Gasteiger partial charge on any atom is 0.343 e. The second kappa shape index (κ2) is 6.07. The molecule has 1 aromatic carbocycles. The number of nitrogens with one attached hydrogen (secondary N) is 1. The number of nitriles is 2. The summed E-state index contributed by atoms with van der Waals surface area (Å²) in [6.45, 7) is 0. The van der Waals surface area contributed by atoms with E-state index in [4.69, 9.17) is 10.5 Å². The molecule has 0 spiro atoms. The molecule has 0 radical (unpaired) electrons. The molecule has 0 fully saturated rings. The number of hydrazone groups is 1. The lowest BCUT2D eigenvalue weighted by molar-refractivity contribution is 0.0590. The highest BCUT2D eigenvalue weighted by Gasteiger charge is 2.21. The van der Waals surface area contributed by atoms with E-state index in [1.807, 2.05) is 0 Å². The summed E-state index contributed by atoms with van der Waals surface area (Å²) in [5.41, 5.74) is 0.241. The van der Waals surface area contributed by atoms with Crippen LogP contribution in [0.2, 0.25) is 0 Å². The number of hydrogen-bond donors (Lipinski definition) is 1. The fourth-order valence-electron chi connectivity index (χ4n) is 1.12. The molecule has 6 nitrogen and oxygen atoms in total. The monoisotopic (exact) mass is 264 g/mol. The summed E-state index contributed by atoms with van der Waals surface area (Å²) in [4.78, 5) is 11.2. The average molecular weight is 264 g/mol. The van der Waals surface area contributed by atoms with Gasteiger partial charge in [-0.2, -0.15) is 15.6 Å². The van der Waals surface area contributed by atoms with Crippen molar-refractivity contribution >= 4 is 17.4 Å². The number of carbonyl (C=O) groups is 1. The number of anilines is 1. The highest BCUT2D eigenvalue weighted by molar-refractivity contribution is 6.10. The predicted octanol–water partition coefficient (Wildman–Crippen LogP) is 1.57. The smallest absolute Gasteiger partial charge is 0.343 e. The fourth-order valence-corrected chi connectivity index (χ4v) is 1.12. The number of methoxy groups -OCH3 is 1. The summed E-state index contributed by atoms with van der Waals surface area (Å²) in [5, 5.41) is 20.1. The average Bonchev–Trinajstić information content (AvgIpc) is 2.41. The van der Waals surface area contributed by atoms with Crippen LogP contribution in [0.25, 0.3) is 0 Å². The van der Waals surface area contributed by atoms with Crippen molar-refractivity contribution in [3.63, 3.8) is 0 Å². The summed E-state index contributed by atoms with van der Waals surface area (Å²) in [5.74, 6) is -3.52. The van der Waals surface area contributed by atoms with Crippen LogP contribution in [0.4, 0.5) is 14.5 Å². The lowest BCUT2D eigenvalue weighted by Gasteiger charge is -2.07. The SMILES string of the molecule is COC(=O)c1c(F)ccc(NN=C(C#N)C#N)c1F. The van der Waals surface area contributed by atoms with E-state index >= 15 is 0 Å². The summed E-state index contributed by atoms with van der Waals surface area (Å²) in [6, 6.07) is 4.67. The van der Waals surface area contributed by atoms with E-state index in [9.17, 15) is 13.6 Å². The maximum absolute atomic E-state index is 13.8. The number of rotatable bonds is 3. The van der Waals surface area contributed by atoms with E-state index in [0.29, 0.717) is 0 Å². The van der Waals surface area contributed by atoms with E-state index in [0.717, 1.165) is 19.2 Å². The summed E-state index contributed by atoms with van der Waals surface area (Å²) in [7, 11) is 0.975. The number of esters is 1. The topological polar surface area (TPSA) is 98.3 Å². The zero-order valence-corrected chi connectivity index (χ0v) is 9.57. The highest BCUT2D eigenvalue weighted by atomic mass is 19.1. The van der Waals surface area contributed by atoms with Gasteiger partial charge >= 0.3 is 5.97 Å². The van der Waals surface area contributed by atoms with Crippen molar-refractivity contribution in [1.29, 1.82) is 10.5 Å². The molecule has 1 N–H and O–H groups in total. The molecule has 96 valence electrons. The van der Waals surface area contributed by atoms with Crippen LogP contribution in [0.5, 0.6) is 0 Å². The van der Waals surface area contributed by atoms with Crippen molar-refractivity contribution in [3.05, 3.63) is 29.3 Å². The lowest BCUT2D eigenvalue weighted by Crippen LogP contribution is -2.10. The van der Waals surface area contributed by atoms with E-state index in [1.165, 1.54) is 12.1 Å². The van der Waals surface area contributed by atoms with Gasteiger partial charge in [-0.05, 0) is 12.1 Å². The minimum atomic E-state index is -1.23. The molecule has 0 saturated heterocycles. The lowest BCUT2D eigenvalue weighted by atomic mass is 10.1. The molecule has 0 aliphatic rings. The van der Waals surface area contributed by atoms with Crippen LogP contribution in [0.1, 0.15) is 10.4 Å². The Morgan fingerprint density at radius 3 is 2.53 bits per heavy atom. The van der Waals surface area contributed by atoms with Crippen LogP contribution in [-0.4, -0.2) is 18.8 Å². The third kappa shape index (κ3) is 3.01. The third-order valence-corrected chi connectivity index (χ3v) is 1.98. The van der Waals surface area contributed by atoms with Crippen molar-refractivity contribution in [2.75, 3.05) is 12.5 Å². The predicted molar refractivity (Wildman–Crippen MR) is 60.0 cm³/mol. The van der Waals surface area contributed by atoms with Crippen molar-refractivity contribution < 1.29 is 18.3 Å². The minimum absolute atomic E-state index is 0.371. The van der Waals surface area contributed by atoms with Gasteiger partial charge in [-0.1, -0.05) is 0 Å². The van der Waals surface area contributed by atoms with Gasteiger partial charge in [0.25, 0.3) is 0 Å². The number of ether oxygens (including phenoxy) is 1. The van der Waals surface area contributed by atoms with Gasteiger partial charge in [0.2, 0.25) is 5.71 Å². The zero-order chi connectivity index (χ0) is 14.4. The van der Waals surface area contributed by atoms with Crippen molar-refractivity contribution in [2.45, 2.75) is 0 Å². The van der Waals surface area contributed by atoms with Gasteiger partial charge in [-0.3, -0.25) is 5.43 Å². The molecule has 0 aliphatic carbocycles. The van der Waals surface area contributed by atoms with Crippen LogP contribution in [0.3, 0.4) is 0 Å². The first-order valence-corrected chi connectivity index (χ1v) is 4.75. The minimum Gasteiger partial charge on any atom is -0.465 e. The second-order valence-electron chi connectivity index (χ2n) is 3.07. The Kier molecular flexibility index (Phi) is 4.50. The Morgan fingerprint density at radius 2 is 2.00 bits per heavy atom. The van der Waals surface area contributed by atoms with Crippen molar-refractivity contribution in [3.8, 4) is 12.1 Å². The molecule has 0 unspecified atom stereocenters. The maximum atomic E-state index is 13.8. The van der Waals surface area contributed by atoms with Crippen LogP contribution in [-0.2, 0) is 4.74 Å². The number of nitrogens with zero attached hydrogens (tertiary/aromatic N) is 3. The molecular weight excluding hydrogens is 258 g/mol. The quantitative estimate of drug-likeness (QED) is 0.507. The van der Waals surface area contributed by atoms with Gasteiger partial charge in [0.15, 0.2) is 5.82 Å². The number of benzene rings is 1. The van der Waals surface area contributed by atoms with E-state index in [1.54, 1.807) is 0 Å². The van der Waals surface area contributed by atoms with Gasteiger partial charge in [0, 0.05) is 0 Å². The van der Waals surface area contributed by atoms with Crippen molar-refractivity contribution in [2.24, 2.45) is 5.10 Å². The van der Waals surface area contributed by atoms with Gasteiger partial charge < -0.3 is 4.74 Å². The molecule has 0 atom stereocenters. The van der Waals surface area contributed by atoms with Crippen molar-refractivity contribution in [1.82, 2.24) is 0 Å². The first-order valence-electron chi connectivity index (χ1n) is 4.75.